The number of fused-ring (bicyclic) bond motifs is 1. The van der Waals surface area contributed by atoms with Crippen LogP contribution >= 0.6 is 11.6 Å². The number of pyridine rings is 1. The number of rotatable bonds is 6. The van der Waals surface area contributed by atoms with Gasteiger partial charge in [0, 0.05) is 34.4 Å². The molecule has 4 rings (SSSR count). The number of ketones is 1. The lowest BCUT2D eigenvalue weighted by Crippen LogP contribution is -2.23. The van der Waals surface area contributed by atoms with Gasteiger partial charge in [0.05, 0.1) is 24.6 Å². The first kappa shape index (κ1) is 20.6. The minimum absolute atomic E-state index is 0.351. The van der Waals surface area contributed by atoms with Gasteiger partial charge in [0.25, 0.3) is 11.7 Å². The van der Waals surface area contributed by atoms with Crippen molar-refractivity contribution in [2.75, 3.05) is 12.4 Å². The average Bonchev–Trinajstić information content (AvgIpc) is 3.05. The lowest BCUT2D eigenvalue weighted by atomic mass is 10.1. The third-order valence-corrected chi connectivity index (χ3v) is 5.39. The second-order valence-corrected chi connectivity index (χ2v) is 7.52. The molecule has 4 aromatic rings. The second kappa shape index (κ2) is 8.62. The summed E-state index contributed by atoms with van der Waals surface area (Å²) >= 11 is 6.01. The zero-order chi connectivity index (χ0) is 22.0. The highest BCUT2D eigenvalue weighted by molar-refractivity contribution is 6.48. The Balaban J connectivity index is 1.78. The largest absolute Gasteiger partial charge is 0.497 e. The molecule has 0 saturated heterocycles. The van der Waals surface area contributed by atoms with Crippen LogP contribution in [0.15, 0.2) is 67.0 Å². The molecule has 0 spiro atoms. The number of ether oxygens (including phenoxy) is 1. The molecule has 31 heavy (non-hydrogen) atoms. The quantitative estimate of drug-likeness (QED) is 0.347. The van der Waals surface area contributed by atoms with E-state index >= 15 is 0 Å². The van der Waals surface area contributed by atoms with Crippen molar-refractivity contribution in [1.29, 1.82) is 0 Å². The van der Waals surface area contributed by atoms with Crippen LogP contribution in [0, 0.1) is 6.92 Å². The number of hydrogen-bond donors (Lipinski definition) is 1. The Labute approximate surface area is 184 Å². The Morgan fingerprint density at radius 2 is 1.90 bits per heavy atom. The number of anilines is 1. The molecule has 156 valence electrons. The monoisotopic (exact) mass is 433 g/mol. The number of hydrogen-bond acceptors (Lipinski definition) is 4. The summed E-state index contributed by atoms with van der Waals surface area (Å²) in [4.78, 5) is 29.9. The van der Waals surface area contributed by atoms with Crippen molar-refractivity contribution < 1.29 is 14.3 Å². The van der Waals surface area contributed by atoms with Gasteiger partial charge < -0.3 is 14.6 Å². The van der Waals surface area contributed by atoms with Gasteiger partial charge in [0.15, 0.2) is 0 Å². The zero-order valence-electron chi connectivity index (χ0n) is 17.1. The molecule has 0 unspecified atom stereocenters. The van der Waals surface area contributed by atoms with Gasteiger partial charge in [-0.15, -0.1) is 0 Å². The molecule has 2 aromatic carbocycles. The molecule has 1 amide bonds. The molecule has 0 saturated carbocycles. The number of benzene rings is 2. The molecule has 0 aliphatic heterocycles. The molecule has 2 aromatic heterocycles. The summed E-state index contributed by atoms with van der Waals surface area (Å²) < 4.78 is 7.37. The summed E-state index contributed by atoms with van der Waals surface area (Å²) in [5, 5.41) is 3.94. The van der Waals surface area contributed by atoms with Crippen LogP contribution in [0.4, 0.5) is 5.69 Å². The van der Waals surface area contributed by atoms with E-state index in [-0.39, 0.29) is 0 Å². The Morgan fingerprint density at radius 3 is 2.58 bits per heavy atom. The Kier molecular flexibility index (Phi) is 5.73. The lowest BCUT2D eigenvalue weighted by molar-refractivity contribution is -0.112. The maximum Gasteiger partial charge on any atom is 0.296 e. The fourth-order valence-corrected chi connectivity index (χ4v) is 3.72. The topological polar surface area (TPSA) is 73.2 Å². The fraction of sp³-hybridized carbons (Fsp3) is 0.125. The lowest BCUT2D eigenvalue weighted by Gasteiger charge is -2.09. The predicted octanol–water partition coefficient (Wildman–Crippen LogP) is 4.88. The summed E-state index contributed by atoms with van der Waals surface area (Å²) in [6.07, 6.45) is 3.09. The molecule has 6 nitrogen and oxygen atoms in total. The highest BCUT2D eigenvalue weighted by Gasteiger charge is 2.26. The van der Waals surface area contributed by atoms with Crippen LogP contribution in [0.2, 0.25) is 5.02 Å². The summed E-state index contributed by atoms with van der Waals surface area (Å²) in [5.74, 6) is -0.725. The highest BCUT2D eigenvalue weighted by atomic mass is 35.5. The van der Waals surface area contributed by atoms with Gasteiger partial charge in [0.2, 0.25) is 0 Å². The van der Waals surface area contributed by atoms with Gasteiger partial charge in [-0.05, 0) is 55.0 Å². The maximum absolute atomic E-state index is 13.2. The first-order valence-corrected chi connectivity index (χ1v) is 10.0. The van der Waals surface area contributed by atoms with E-state index in [1.807, 2.05) is 47.9 Å². The van der Waals surface area contributed by atoms with E-state index in [0.717, 1.165) is 11.1 Å². The molecule has 2 heterocycles. The predicted molar refractivity (Wildman–Crippen MR) is 121 cm³/mol. The van der Waals surface area contributed by atoms with Crippen molar-refractivity contribution in [3.05, 3.63) is 88.8 Å². The fourth-order valence-electron chi connectivity index (χ4n) is 3.59. The molecule has 0 aliphatic rings. The van der Waals surface area contributed by atoms with E-state index < -0.39 is 11.7 Å². The normalized spacial score (nSPS) is 10.8. The Bertz CT molecular complexity index is 1260. The van der Waals surface area contributed by atoms with Gasteiger partial charge in [-0.2, -0.15) is 0 Å². The molecule has 1 N–H and O–H groups in total. The van der Waals surface area contributed by atoms with E-state index in [9.17, 15) is 9.59 Å². The molecular weight excluding hydrogens is 414 g/mol. The number of aromatic nitrogens is 2. The van der Waals surface area contributed by atoms with Gasteiger partial charge in [-0.1, -0.05) is 23.7 Å². The van der Waals surface area contributed by atoms with Crippen LogP contribution < -0.4 is 10.1 Å². The van der Waals surface area contributed by atoms with Gasteiger partial charge >= 0.3 is 0 Å². The van der Waals surface area contributed by atoms with Crippen LogP contribution in [-0.4, -0.2) is 28.4 Å². The number of carbonyl (C=O) groups is 2. The Morgan fingerprint density at radius 1 is 1.13 bits per heavy atom. The Hall–Kier alpha value is -3.64. The van der Waals surface area contributed by atoms with Crippen molar-refractivity contribution in [2.24, 2.45) is 0 Å². The summed E-state index contributed by atoms with van der Waals surface area (Å²) in [7, 11) is 1.56. The van der Waals surface area contributed by atoms with Crippen molar-refractivity contribution in [3.8, 4) is 5.75 Å². The van der Waals surface area contributed by atoms with Crippen LogP contribution in [0.25, 0.3) is 10.9 Å². The third-order valence-electron chi connectivity index (χ3n) is 5.14. The molecular formula is C24H20ClN3O3. The highest BCUT2D eigenvalue weighted by Crippen LogP contribution is 2.31. The zero-order valence-corrected chi connectivity index (χ0v) is 17.8. The SMILES string of the molecule is COc1ccc2c(c1)c(C(=O)C(=O)Nc1cccnc1)c(C)n2Cc1ccc(Cl)cc1. The number of Topliss-reactive ketones (excluding diaryl/α,β-unsaturated/α-hetero) is 1. The van der Waals surface area contributed by atoms with Crippen LogP contribution in [0.3, 0.4) is 0 Å². The van der Waals surface area contributed by atoms with E-state index in [0.29, 0.717) is 39.6 Å². The first-order valence-electron chi connectivity index (χ1n) is 9.65. The van der Waals surface area contributed by atoms with Crippen LogP contribution in [-0.2, 0) is 11.3 Å². The standard InChI is InChI=1S/C24H20ClN3O3/c1-15-22(23(29)24(30)27-18-4-3-11-26-13-18)20-12-19(31-2)9-10-21(20)28(15)14-16-5-7-17(25)8-6-16/h3-13H,14H2,1-2H3,(H,27,30). The number of nitrogens with one attached hydrogen (secondary N) is 1. The van der Waals surface area contributed by atoms with Crippen LogP contribution in [0.5, 0.6) is 5.75 Å². The number of nitrogens with zero attached hydrogens (tertiary/aromatic N) is 2. The third kappa shape index (κ3) is 4.15. The van der Waals surface area contributed by atoms with Gasteiger partial charge in [0.1, 0.15) is 5.75 Å². The molecule has 0 atom stereocenters. The molecule has 0 aliphatic carbocycles. The average molecular weight is 434 g/mol. The van der Waals surface area contributed by atoms with Gasteiger partial charge in [-0.25, -0.2) is 0 Å². The van der Waals surface area contributed by atoms with Crippen LogP contribution in [0.1, 0.15) is 21.6 Å². The molecule has 0 bridgehead atoms. The van der Waals surface area contributed by atoms with E-state index in [1.165, 1.54) is 6.20 Å². The molecule has 7 heteroatoms. The number of methoxy groups -OCH3 is 1. The van der Waals surface area contributed by atoms with E-state index in [2.05, 4.69) is 10.3 Å². The number of halogens is 1. The smallest absolute Gasteiger partial charge is 0.296 e. The van der Waals surface area contributed by atoms with Crippen molar-refractivity contribution in [3.63, 3.8) is 0 Å². The summed E-state index contributed by atoms with van der Waals surface area (Å²) in [6.45, 7) is 2.37. The minimum atomic E-state index is -0.718. The first-order chi connectivity index (χ1) is 15.0. The summed E-state index contributed by atoms with van der Waals surface area (Å²) in [5.41, 5.74) is 3.37. The number of amides is 1. The van der Waals surface area contributed by atoms with E-state index in [1.54, 1.807) is 31.5 Å². The summed E-state index contributed by atoms with van der Waals surface area (Å²) in [6, 6.07) is 16.4. The second-order valence-electron chi connectivity index (χ2n) is 7.08. The van der Waals surface area contributed by atoms with Crippen molar-refractivity contribution in [2.45, 2.75) is 13.5 Å². The van der Waals surface area contributed by atoms with Crippen molar-refractivity contribution >= 4 is 39.9 Å². The molecule has 0 fully saturated rings. The van der Waals surface area contributed by atoms with Gasteiger partial charge in [-0.3, -0.25) is 14.6 Å². The van der Waals surface area contributed by atoms with Crippen molar-refractivity contribution in [1.82, 2.24) is 9.55 Å². The maximum atomic E-state index is 13.2. The minimum Gasteiger partial charge on any atom is -0.497 e. The number of carbonyl (C=O) groups excluding carboxylic acids is 2. The molecule has 0 radical (unpaired) electrons. The van der Waals surface area contributed by atoms with E-state index in [4.69, 9.17) is 16.3 Å².